The molecular weight excluding hydrogens is 332 g/mol. The van der Waals surface area contributed by atoms with Crippen molar-refractivity contribution < 1.29 is 27.5 Å². The normalized spacial score (nSPS) is 18.2. The lowest BCUT2D eigenvalue weighted by atomic mass is 10.2. The first-order chi connectivity index (χ1) is 11.3. The number of carbonyl (C=O) groups excluding carboxylic acids is 1. The smallest absolute Gasteiger partial charge is 0.391 e. The molecule has 0 bridgehead atoms. The largest absolute Gasteiger partial charge is 0.435 e. The molecule has 0 spiro atoms. The van der Waals surface area contributed by atoms with Gasteiger partial charge >= 0.3 is 6.18 Å². The number of alkyl halides is 3. The number of aromatic nitrogens is 3. The highest BCUT2D eigenvalue weighted by Gasteiger charge is 2.43. The second-order valence-corrected chi connectivity index (χ2v) is 5.37. The molecule has 1 aromatic carbocycles. The second kappa shape index (κ2) is 5.86. The molecular formula is C14H12F4N4O2. The summed E-state index contributed by atoms with van der Waals surface area (Å²) < 4.78 is 53.7. The third-order valence-corrected chi connectivity index (χ3v) is 3.66. The van der Waals surface area contributed by atoms with Gasteiger partial charge in [0.2, 0.25) is 0 Å². The highest BCUT2D eigenvalue weighted by atomic mass is 19.4. The summed E-state index contributed by atoms with van der Waals surface area (Å²) in [5.74, 6) is -1.57. The number of β-amino-alcohol motifs (C(OH)–C–C–N with tert-alkyl or cyclic N) is 1. The number of nitrogens with zero attached hydrogens (tertiary/aromatic N) is 4. The fourth-order valence-electron chi connectivity index (χ4n) is 2.52. The minimum atomic E-state index is -4.89. The van der Waals surface area contributed by atoms with Crippen LogP contribution in [0.3, 0.4) is 0 Å². The lowest BCUT2D eigenvalue weighted by Crippen LogP contribution is -2.32. The molecule has 1 amide bonds. The number of amides is 1. The van der Waals surface area contributed by atoms with Gasteiger partial charge in [0.15, 0.2) is 11.4 Å². The molecule has 0 aliphatic carbocycles. The van der Waals surface area contributed by atoms with Gasteiger partial charge in [-0.15, -0.1) is 5.10 Å². The lowest BCUT2D eigenvalue weighted by molar-refractivity contribution is -0.143. The highest BCUT2D eigenvalue weighted by Crippen LogP contribution is 2.33. The third-order valence-electron chi connectivity index (χ3n) is 3.66. The standard InChI is InChI=1S/C14H12F4N4O2/c15-8-1-3-9(4-2-8)22-12(14(16,17)18)11(19-20-22)13(24)21-6-5-10(23)7-21/h1-4,10,23H,5-7H2/t10-/m1/s1. The van der Waals surface area contributed by atoms with E-state index in [1.807, 2.05) is 0 Å². The number of hydrogen-bond donors (Lipinski definition) is 1. The molecule has 1 N–H and O–H groups in total. The van der Waals surface area contributed by atoms with Crippen LogP contribution in [0.2, 0.25) is 0 Å². The third kappa shape index (κ3) is 2.96. The van der Waals surface area contributed by atoms with Crippen LogP contribution in [0.25, 0.3) is 5.69 Å². The number of rotatable bonds is 2. The van der Waals surface area contributed by atoms with Crippen LogP contribution in [-0.4, -0.2) is 50.1 Å². The Morgan fingerprint density at radius 3 is 2.46 bits per heavy atom. The Bertz CT molecular complexity index is 757. The van der Waals surface area contributed by atoms with Crippen molar-refractivity contribution in [3.63, 3.8) is 0 Å². The summed E-state index contributed by atoms with van der Waals surface area (Å²) in [7, 11) is 0. The van der Waals surface area contributed by atoms with Gasteiger partial charge in [0.25, 0.3) is 5.91 Å². The zero-order valence-corrected chi connectivity index (χ0v) is 12.2. The number of hydrogen-bond acceptors (Lipinski definition) is 4. The summed E-state index contributed by atoms with van der Waals surface area (Å²) in [5, 5.41) is 16.2. The molecule has 1 fully saturated rings. The van der Waals surface area contributed by atoms with Crippen LogP contribution in [-0.2, 0) is 6.18 Å². The molecule has 2 aromatic rings. The van der Waals surface area contributed by atoms with Crippen molar-refractivity contribution in [3.05, 3.63) is 41.5 Å². The van der Waals surface area contributed by atoms with E-state index in [1.54, 1.807) is 0 Å². The summed E-state index contributed by atoms with van der Waals surface area (Å²) in [5.41, 5.74) is -2.25. The van der Waals surface area contributed by atoms with Crippen LogP contribution < -0.4 is 0 Å². The van der Waals surface area contributed by atoms with Crippen molar-refractivity contribution in [2.45, 2.75) is 18.7 Å². The summed E-state index contributed by atoms with van der Waals surface area (Å²) in [6, 6.07) is 4.17. The summed E-state index contributed by atoms with van der Waals surface area (Å²) in [6.45, 7) is 0.0836. The number of aliphatic hydroxyl groups is 1. The second-order valence-electron chi connectivity index (χ2n) is 5.37. The zero-order valence-electron chi connectivity index (χ0n) is 12.2. The average Bonchev–Trinajstić information content (AvgIpc) is 3.13. The van der Waals surface area contributed by atoms with Crippen LogP contribution in [0.15, 0.2) is 24.3 Å². The van der Waals surface area contributed by atoms with Gasteiger partial charge in [-0.05, 0) is 30.7 Å². The van der Waals surface area contributed by atoms with Crippen LogP contribution in [0.4, 0.5) is 17.6 Å². The Morgan fingerprint density at radius 2 is 1.92 bits per heavy atom. The van der Waals surface area contributed by atoms with Gasteiger partial charge in [-0.25, -0.2) is 9.07 Å². The fraction of sp³-hybridized carbons (Fsp3) is 0.357. The van der Waals surface area contributed by atoms with E-state index in [-0.39, 0.29) is 18.8 Å². The van der Waals surface area contributed by atoms with E-state index in [2.05, 4.69) is 10.3 Å². The Kier molecular flexibility index (Phi) is 3.99. The average molecular weight is 344 g/mol. The number of carbonyl (C=O) groups is 1. The predicted molar refractivity (Wildman–Crippen MR) is 72.8 cm³/mol. The molecule has 24 heavy (non-hydrogen) atoms. The Morgan fingerprint density at radius 1 is 1.25 bits per heavy atom. The van der Waals surface area contributed by atoms with Crippen LogP contribution in [0.1, 0.15) is 22.6 Å². The molecule has 1 aliphatic heterocycles. The van der Waals surface area contributed by atoms with E-state index < -0.39 is 35.4 Å². The molecule has 2 heterocycles. The van der Waals surface area contributed by atoms with Gasteiger partial charge in [-0.1, -0.05) is 5.21 Å². The maximum Gasteiger partial charge on any atom is 0.435 e. The molecule has 128 valence electrons. The summed E-state index contributed by atoms with van der Waals surface area (Å²) in [6.07, 6.45) is -5.36. The first-order valence-corrected chi connectivity index (χ1v) is 7.03. The van der Waals surface area contributed by atoms with Crippen molar-refractivity contribution >= 4 is 5.91 Å². The van der Waals surface area contributed by atoms with E-state index in [1.165, 1.54) is 0 Å². The molecule has 3 rings (SSSR count). The maximum absolute atomic E-state index is 13.4. The van der Waals surface area contributed by atoms with E-state index >= 15 is 0 Å². The van der Waals surface area contributed by atoms with E-state index in [0.29, 0.717) is 11.1 Å². The maximum atomic E-state index is 13.4. The van der Waals surface area contributed by atoms with Gasteiger partial charge in [-0.3, -0.25) is 4.79 Å². The molecule has 0 saturated carbocycles. The van der Waals surface area contributed by atoms with Gasteiger partial charge in [0.1, 0.15) is 5.82 Å². The molecule has 0 radical (unpaired) electrons. The van der Waals surface area contributed by atoms with Crippen LogP contribution in [0.5, 0.6) is 0 Å². The summed E-state index contributed by atoms with van der Waals surface area (Å²) in [4.78, 5) is 13.4. The monoisotopic (exact) mass is 344 g/mol. The quantitative estimate of drug-likeness (QED) is 0.841. The number of benzene rings is 1. The van der Waals surface area contributed by atoms with Gasteiger partial charge in [0, 0.05) is 13.1 Å². The van der Waals surface area contributed by atoms with Crippen molar-refractivity contribution in [1.29, 1.82) is 0 Å². The Labute approximate surface area is 133 Å². The first kappa shape index (κ1) is 16.4. The van der Waals surface area contributed by atoms with Gasteiger partial charge in [0.05, 0.1) is 11.8 Å². The lowest BCUT2D eigenvalue weighted by Gasteiger charge is -2.16. The van der Waals surface area contributed by atoms with Crippen molar-refractivity contribution in [2.24, 2.45) is 0 Å². The van der Waals surface area contributed by atoms with Gasteiger partial charge < -0.3 is 10.0 Å². The van der Waals surface area contributed by atoms with Crippen LogP contribution >= 0.6 is 0 Å². The molecule has 1 saturated heterocycles. The highest BCUT2D eigenvalue weighted by molar-refractivity contribution is 5.93. The Hall–Kier alpha value is -2.49. The van der Waals surface area contributed by atoms with E-state index in [0.717, 1.165) is 29.2 Å². The number of aliphatic hydroxyl groups excluding tert-OH is 1. The topological polar surface area (TPSA) is 71.2 Å². The Balaban J connectivity index is 2.05. The number of likely N-dealkylation sites (tertiary alicyclic amines) is 1. The van der Waals surface area contributed by atoms with E-state index in [9.17, 15) is 27.5 Å². The zero-order chi connectivity index (χ0) is 17.5. The van der Waals surface area contributed by atoms with Crippen molar-refractivity contribution in [3.8, 4) is 5.69 Å². The minimum absolute atomic E-state index is 0.0560. The molecule has 6 nitrogen and oxygen atoms in total. The predicted octanol–water partition coefficient (Wildman–Crippen LogP) is 1.63. The van der Waals surface area contributed by atoms with Crippen molar-refractivity contribution in [2.75, 3.05) is 13.1 Å². The molecule has 1 aromatic heterocycles. The molecule has 10 heteroatoms. The summed E-state index contributed by atoms with van der Waals surface area (Å²) >= 11 is 0. The van der Waals surface area contributed by atoms with Crippen LogP contribution in [0, 0.1) is 5.82 Å². The SMILES string of the molecule is O=C(c1nnn(-c2ccc(F)cc2)c1C(F)(F)F)N1CC[C@@H](O)C1. The molecule has 1 atom stereocenters. The molecule has 1 aliphatic rings. The van der Waals surface area contributed by atoms with Crippen molar-refractivity contribution in [1.82, 2.24) is 19.9 Å². The fourth-order valence-corrected chi connectivity index (χ4v) is 2.52. The minimum Gasteiger partial charge on any atom is -0.391 e. The first-order valence-electron chi connectivity index (χ1n) is 7.03. The molecule has 0 unspecified atom stereocenters. The number of halogens is 4. The van der Waals surface area contributed by atoms with E-state index in [4.69, 9.17) is 0 Å². The van der Waals surface area contributed by atoms with Gasteiger partial charge in [-0.2, -0.15) is 13.2 Å².